The van der Waals surface area contributed by atoms with Gasteiger partial charge < -0.3 is 5.11 Å². The number of H-pyrrole nitrogens is 1. The quantitative estimate of drug-likeness (QED) is 0.554. The number of hydrogen-bond donors (Lipinski definition) is 2. The van der Waals surface area contributed by atoms with Crippen molar-refractivity contribution in [2.75, 3.05) is 0 Å². The molecule has 0 fully saturated rings. The van der Waals surface area contributed by atoms with E-state index in [4.69, 9.17) is 0 Å². The summed E-state index contributed by atoms with van der Waals surface area (Å²) in [5.74, 6) is -0.210. The Morgan fingerprint density at radius 2 is 1.88 bits per heavy atom. The van der Waals surface area contributed by atoms with E-state index in [1.165, 1.54) is 17.6 Å². The van der Waals surface area contributed by atoms with E-state index in [2.05, 4.69) is 19.9 Å². The molecule has 0 aliphatic carbocycles. The van der Waals surface area contributed by atoms with Crippen LogP contribution in [0.25, 0.3) is 22.0 Å². The number of aromatic nitrogens is 3. The van der Waals surface area contributed by atoms with Crippen molar-refractivity contribution in [2.45, 2.75) is 0 Å². The molecule has 4 aromatic rings. The molecule has 122 valence electrons. The zero-order chi connectivity index (χ0) is 17.2. The fraction of sp³-hybridized carbons (Fsp3) is 0. The van der Waals surface area contributed by atoms with Gasteiger partial charge in [0.05, 0.1) is 11.3 Å². The molecule has 6 nitrogen and oxygen atoms in total. The summed E-state index contributed by atoms with van der Waals surface area (Å²) in [6.45, 7) is 0. The standard InChI is InChI=1S/C18H12N4O2S/c23-16-13-4-2-1-3-12(13)14(17(24)22-16)9-20-18-21-15(10-25-18)11-5-7-19-8-6-11/h1-10H,(H2,22,23,24). The Hall–Kier alpha value is -3.32. The van der Waals surface area contributed by atoms with Crippen molar-refractivity contribution in [3.05, 3.63) is 70.1 Å². The van der Waals surface area contributed by atoms with Crippen LogP contribution in [0.1, 0.15) is 5.56 Å². The highest BCUT2D eigenvalue weighted by Crippen LogP contribution is 2.27. The maximum Gasteiger partial charge on any atom is 0.258 e. The summed E-state index contributed by atoms with van der Waals surface area (Å²) >= 11 is 1.40. The Bertz CT molecular complexity index is 1130. The molecule has 0 atom stereocenters. The monoisotopic (exact) mass is 348 g/mol. The minimum absolute atomic E-state index is 0.210. The first-order valence-electron chi connectivity index (χ1n) is 7.46. The van der Waals surface area contributed by atoms with Gasteiger partial charge in [-0.05, 0) is 18.2 Å². The Balaban J connectivity index is 1.73. The van der Waals surface area contributed by atoms with Crippen LogP contribution < -0.4 is 5.56 Å². The smallest absolute Gasteiger partial charge is 0.258 e. The molecule has 4 rings (SSSR count). The van der Waals surface area contributed by atoms with Gasteiger partial charge in [-0.2, -0.15) is 0 Å². The van der Waals surface area contributed by atoms with Crippen molar-refractivity contribution in [1.82, 2.24) is 15.0 Å². The number of thiazole rings is 1. The lowest BCUT2D eigenvalue weighted by Gasteiger charge is -2.03. The van der Waals surface area contributed by atoms with Crippen molar-refractivity contribution >= 4 is 33.5 Å². The molecule has 0 aliphatic heterocycles. The summed E-state index contributed by atoms with van der Waals surface area (Å²) in [6, 6.07) is 10.8. The Kier molecular flexibility index (Phi) is 3.83. The topological polar surface area (TPSA) is 91.2 Å². The molecular weight excluding hydrogens is 336 g/mol. The fourth-order valence-electron chi connectivity index (χ4n) is 2.52. The molecule has 0 radical (unpaired) electrons. The number of rotatable bonds is 3. The van der Waals surface area contributed by atoms with Crippen molar-refractivity contribution in [3.63, 3.8) is 0 Å². The molecule has 0 spiro atoms. The summed E-state index contributed by atoms with van der Waals surface area (Å²) in [7, 11) is 0. The molecule has 3 heterocycles. The summed E-state index contributed by atoms with van der Waals surface area (Å²) in [4.78, 5) is 27.1. The van der Waals surface area contributed by atoms with E-state index >= 15 is 0 Å². The van der Waals surface area contributed by atoms with Crippen molar-refractivity contribution in [1.29, 1.82) is 0 Å². The third kappa shape index (κ3) is 2.92. The number of hydrogen-bond acceptors (Lipinski definition) is 6. The van der Waals surface area contributed by atoms with Crippen LogP contribution in [0.4, 0.5) is 5.13 Å². The second-order valence-electron chi connectivity index (χ2n) is 5.27. The van der Waals surface area contributed by atoms with Crippen LogP contribution >= 0.6 is 11.3 Å². The number of aromatic hydroxyl groups is 1. The number of aromatic amines is 1. The Morgan fingerprint density at radius 3 is 2.68 bits per heavy atom. The van der Waals surface area contributed by atoms with E-state index in [-0.39, 0.29) is 11.4 Å². The Morgan fingerprint density at radius 1 is 1.12 bits per heavy atom. The van der Waals surface area contributed by atoms with Gasteiger partial charge in [0.1, 0.15) is 0 Å². The molecule has 1 aromatic carbocycles. The van der Waals surface area contributed by atoms with E-state index in [1.54, 1.807) is 30.6 Å². The lowest BCUT2D eigenvalue weighted by Crippen LogP contribution is -2.07. The SMILES string of the molecule is O=c1[nH]c(O)c(C=Nc2nc(-c3ccncc3)cs2)c2ccccc12. The van der Waals surface area contributed by atoms with E-state index in [1.807, 2.05) is 23.6 Å². The van der Waals surface area contributed by atoms with E-state index < -0.39 is 0 Å². The van der Waals surface area contributed by atoms with Gasteiger partial charge in [-0.1, -0.05) is 18.2 Å². The molecule has 7 heteroatoms. The second kappa shape index (κ2) is 6.29. The molecule has 0 unspecified atom stereocenters. The van der Waals surface area contributed by atoms with E-state index in [0.29, 0.717) is 21.5 Å². The first kappa shape index (κ1) is 15.2. The van der Waals surface area contributed by atoms with Gasteiger partial charge in [-0.15, -0.1) is 11.3 Å². The molecule has 0 saturated carbocycles. The maximum absolute atomic E-state index is 11.9. The van der Waals surface area contributed by atoms with Gasteiger partial charge in [0.25, 0.3) is 5.56 Å². The summed E-state index contributed by atoms with van der Waals surface area (Å²) in [5, 5.41) is 13.7. The number of nitrogens with zero attached hydrogens (tertiary/aromatic N) is 3. The second-order valence-corrected chi connectivity index (χ2v) is 6.11. The minimum Gasteiger partial charge on any atom is -0.494 e. The van der Waals surface area contributed by atoms with Crippen molar-refractivity contribution in [3.8, 4) is 17.1 Å². The highest BCUT2D eigenvalue weighted by molar-refractivity contribution is 7.13. The number of pyridine rings is 2. The first-order chi connectivity index (χ1) is 12.2. The summed E-state index contributed by atoms with van der Waals surface area (Å²) < 4.78 is 0. The predicted molar refractivity (Wildman–Crippen MR) is 98.8 cm³/mol. The third-order valence-corrected chi connectivity index (χ3v) is 4.47. The van der Waals surface area contributed by atoms with Crippen LogP contribution in [0.3, 0.4) is 0 Å². The molecule has 3 aromatic heterocycles. The van der Waals surface area contributed by atoms with E-state index in [9.17, 15) is 9.90 Å². The highest BCUT2D eigenvalue weighted by atomic mass is 32.1. The summed E-state index contributed by atoms with van der Waals surface area (Å²) in [6.07, 6.45) is 4.94. The molecule has 25 heavy (non-hydrogen) atoms. The average molecular weight is 348 g/mol. The number of fused-ring (bicyclic) bond motifs is 1. The molecule has 0 amide bonds. The zero-order valence-corrected chi connectivity index (χ0v) is 13.7. The van der Waals surface area contributed by atoms with Crippen LogP contribution in [0, 0.1) is 0 Å². The third-order valence-electron chi connectivity index (χ3n) is 3.72. The molecule has 0 aliphatic rings. The van der Waals surface area contributed by atoms with Gasteiger partial charge in [-0.25, -0.2) is 9.98 Å². The highest BCUT2D eigenvalue weighted by Gasteiger charge is 2.09. The lowest BCUT2D eigenvalue weighted by molar-refractivity contribution is 0.452. The minimum atomic E-state index is -0.334. The number of benzene rings is 1. The van der Waals surface area contributed by atoms with Crippen LogP contribution in [-0.2, 0) is 0 Å². The Labute approximate surface area is 146 Å². The predicted octanol–water partition coefficient (Wildman–Crippen LogP) is 3.50. The molecule has 0 bridgehead atoms. The average Bonchev–Trinajstić information content (AvgIpc) is 3.11. The molecular formula is C18H12N4O2S. The summed E-state index contributed by atoms with van der Waals surface area (Å²) in [5.41, 5.74) is 1.90. The van der Waals surface area contributed by atoms with Crippen LogP contribution in [0.2, 0.25) is 0 Å². The van der Waals surface area contributed by atoms with E-state index in [0.717, 1.165) is 11.3 Å². The first-order valence-corrected chi connectivity index (χ1v) is 8.34. The van der Waals surface area contributed by atoms with Crippen LogP contribution in [-0.4, -0.2) is 26.3 Å². The number of nitrogens with one attached hydrogen (secondary N) is 1. The molecule has 0 saturated heterocycles. The lowest BCUT2D eigenvalue weighted by atomic mass is 10.1. The normalized spacial score (nSPS) is 11.4. The number of aliphatic imine (C=N–C) groups is 1. The van der Waals surface area contributed by atoms with Crippen molar-refractivity contribution < 1.29 is 5.11 Å². The van der Waals surface area contributed by atoms with Crippen molar-refractivity contribution in [2.24, 2.45) is 4.99 Å². The van der Waals surface area contributed by atoms with Gasteiger partial charge >= 0.3 is 0 Å². The van der Waals surface area contributed by atoms with Gasteiger partial charge in [0.2, 0.25) is 11.0 Å². The van der Waals surface area contributed by atoms with Gasteiger partial charge in [0, 0.05) is 40.3 Å². The largest absolute Gasteiger partial charge is 0.494 e. The molecule has 2 N–H and O–H groups in total. The maximum atomic E-state index is 11.9. The van der Waals surface area contributed by atoms with Gasteiger partial charge in [-0.3, -0.25) is 14.8 Å². The van der Waals surface area contributed by atoms with Crippen LogP contribution in [0.5, 0.6) is 5.88 Å². The fourth-order valence-corrected chi connectivity index (χ4v) is 3.19. The van der Waals surface area contributed by atoms with Gasteiger partial charge in [0.15, 0.2) is 0 Å². The van der Waals surface area contributed by atoms with Crippen LogP contribution in [0.15, 0.2) is 64.0 Å². The zero-order valence-electron chi connectivity index (χ0n) is 12.9.